The van der Waals surface area contributed by atoms with E-state index >= 15 is 0 Å². The molecule has 0 saturated carbocycles. The Morgan fingerprint density at radius 1 is 1.31 bits per heavy atom. The summed E-state index contributed by atoms with van der Waals surface area (Å²) in [6, 6.07) is 5.29. The predicted octanol–water partition coefficient (Wildman–Crippen LogP) is 2.51. The van der Waals surface area contributed by atoms with Gasteiger partial charge in [-0.25, -0.2) is 8.42 Å². The van der Waals surface area contributed by atoms with E-state index in [4.69, 9.17) is 9.47 Å². The Morgan fingerprint density at radius 3 is 2.76 bits per heavy atom. The zero-order chi connectivity index (χ0) is 21.0. The van der Waals surface area contributed by atoms with Gasteiger partial charge in [0, 0.05) is 26.2 Å². The predicted molar refractivity (Wildman–Crippen MR) is 111 cm³/mol. The largest absolute Gasteiger partial charge is 0.495 e. The number of amides is 1. The number of carbonyl (C=O) groups excluding carboxylic acids is 1. The van der Waals surface area contributed by atoms with Gasteiger partial charge in [0.1, 0.15) is 10.6 Å². The number of benzene rings is 1. The summed E-state index contributed by atoms with van der Waals surface area (Å²) in [5.74, 6) is 0.0920. The lowest BCUT2D eigenvalue weighted by atomic mass is 9.99. The molecule has 1 aromatic rings. The second-order valence-electron chi connectivity index (χ2n) is 8.15. The van der Waals surface area contributed by atoms with Crippen LogP contribution >= 0.6 is 0 Å². The Labute approximate surface area is 173 Å². The fraction of sp³-hybridized carbons (Fsp3) is 0.667. The van der Waals surface area contributed by atoms with Gasteiger partial charge in [-0.2, -0.15) is 4.31 Å². The second kappa shape index (κ2) is 9.45. The highest BCUT2D eigenvalue weighted by Crippen LogP contribution is 2.32. The molecule has 1 N–H and O–H groups in total. The number of hydrogen-bond donors (Lipinski definition) is 1. The molecule has 2 fully saturated rings. The van der Waals surface area contributed by atoms with E-state index in [9.17, 15) is 13.2 Å². The third-order valence-corrected chi connectivity index (χ3v) is 7.64. The topological polar surface area (TPSA) is 84.9 Å². The molecule has 1 aromatic carbocycles. The van der Waals surface area contributed by atoms with Gasteiger partial charge in [0.05, 0.1) is 19.1 Å². The van der Waals surface area contributed by atoms with E-state index in [1.54, 1.807) is 12.1 Å². The first kappa shape index (κ1) is 22.1. The van der Waals surface area contributed by atoms with Crippen molar-refractivity contribution in [2.75, 3.05) is 33.4 Å². The molecule has 0 spiro atoms. The number of nitrogens with one attached hydrogen (secondary N) is 1. The molecule has 2 aliphatic rings. The van der Waals surface area contributed by atoms with Crippen LogP contribution in [0.4, 0.5) is 0 Å². The van der Waals surface area contributed by atoms with Gasteiger partial charge in [-0.05, 0) is 49.3 Å². The summed E-state index contributed by atoms with van der Waals surface area (Å²) in [7, 11) is -2.28. The molecule has 162 valence electrons. The molecule has 0 radical (unpaired) electrons. The molecule has 8 heteroatoms. The molecule has 2 aliphatic heterocycles. The van der Waals surface area contributed by atoms with E-state index in [0.717, 1.165) is 25.0 Å². The van der Waals surface area contributed by atoms with Gasteiger partial charge in [-0.15, -0.1) is 0 Å². The monoisotopic (exact) mass is 424 g/mol. The van der Waals surface area contributed by atoms with Crippen molar-refractivity contribution in [1.29, 1.82) is 0 Å². The maximum Gasteiger partial charge on any atom is 0.246 e. The first-order valence-electron chi connectivity index (χ1n) is 10.4. The zero-order valence-electron chi connectivity index (χ0n) is 17.5. The summed E-state index contributed by atoms with van der Waals surface area (Å²) in [6.45, 7) is 5.88. The summed E-state index contributed by atoms with van der Waals surface area (Å²) in [4.78, 5) is 12.8. The summed E-state index contributed by atoms with van der Waals surface area (Å²) in [5, 5.41) is 2.94. The third kappa shape index (κ3) is 5.10. The van der Waals surface area contributed by atoms with Crippen LogP contribution in [-0.4, -0.2) is 58.1 Å². The molecular weight excluding hydrogens is 392 g/mol. The van der Waals surface area contributed by atoms with Crippen LogP contribution < -0.4 is 10.1 Å². The number of methoxy groups -OCH3 is 1. The quantitative estimate of drug-likeness (QED) is 0.727. The Hall–Kier alpha value is -1.64. The molecule has 2 saturated heterocycles. The highest BCUT2D eigenvalue weighted by molar-refractivity contribution is 7.89. The smallest absolute Gasteiger partial charge is 0.246 e. The minimum Gasteiger partial charge on any atom is -0.495 e. The third-order valence-electron chi connectivity index (χ3n) is 5.76. The molecule has 0 aromatic heterocycles. The van der Waals surface area contributed by atoms with Gasteiger partial charge in [-0.3, -0.25) is 4.79 Å². The molecule has 0 aliphatic carbocycles. The number of hydrogen-bond acceptors (Lipinski definition) is 5. The lowest BCUT2D eigenvalue weighted by molar-refractivity contribution is -0.126. The average Bonchev–Trinajstić information content (AvgIpc) is 3.25. The number of carbonyl (C=O) groups is 1. The van der Waals surface area contributed by atoms with Crippen molar-refractivity contribution in [3.63, 3.8) is 0 Å². The van der Waals surface area contributed by atoms with Gasteiger partial charge >= 0.3 is 0 Å². The van der Waals surface area contributed by atoms with Crippen molar-refractivity contribution >= 4 is 15.9 Å². The van der Waals surface area contributed by atoms with Crippen LogP contribution in [-0.2, 0) is 19.6 Å². The summed E-state index contributed by atoms with van der Waals surface area (Å²) < 4.78 is 39.0. The Balaban J connectivity index is 1.73. The SMILES string of the molecule is COc1ccc(C(C)C)cc1S(=O)(=O)N1CCC[C@H](C(=O)NC[C@@H]2CCCO2)C1. The minimum atomic E-state index is -3.75. The zero-order valence-corrected chi connectivity index (χ0v) is 18.3. The number of nitrogens with zero attached hydrogens (tertiary/aromatic N) is 1. The fourth-order valence-corrected chi connectivity index (χ4v) is 5.65. The van der Waals surface area contributed by atoms with Crippen LogP contribution in [0.15, 0.2) is 23.1 Å². The van der Waals surface area contributed by atoms with Gasteiger partial charge in [-0.1, -0.05) is 19.9 Å². The molecule has 7 nitrogen and oxygen atoms in total. The molecule has 2 heterocycles. The number of piperidine rings is 1. The van der Waals surface area contributed by atoms with E-state index in [1.807, 2.05) is 19.9 Å². The van der Waals surface area contributed by atoms with E-state index in [-0.39, 0.29) is 35.3 Å². The number of sulfonamides is 1. The summed E-state index contributed by atoms with van der Waals surface area (Å²) in [5.41, 5.74) is 0.937. The van der Waals surface area contributed by atoms with Crippen molar-refractivity contribution in [1.82, 2.24) is 9.62 Å². The number of ether oxygens (including phenoxy) is 2. The van der Waals surface area contributed by atoms with Gasteiger partial charge in [0.2, 0.25) is 15.9 Å². The van der Waals surface area contributed by atoms with Crippen LogP contribution in [0, 0.1) is 5.92 Å². The van der Waals surface area contributed by atoms with Crippen molar-refractivity contribution in [3.05, 3.63) is 23.8 Å². The maximum absolute atomic E-state index is 13.4. The van der Waals surface area contributed by atoms with Crippen molar-refractivity contribution in [2.24, 2.45) is 5.92 Å². The molecule has 0 unspecified atom stereocenters. The van der Waals surface area contributed by atoms with Crippen molar-refractivity contribution < 1.29 is 22.7 Å². The van der Waals surface area contributed by atoms with E-state index in [0.29, 0.717) is 31.7 Å². The molecule has 29 heavy (non-hydrogen) atoms. The van der Waals surface area contributed by atoms with Crippen LogP contribution in [0.2, 0.25) is 0 Å². The van der Waals surface area contributed by atoms with Gasteiger partial charge in [0.25, 0.3) is 0 Å². The van der Waals surface area contributed by atoms with E-state index in [1.165, 1.54) is 11.4 Å². The highest BCUT2D eigenvalue weighted by atomic mass is 32.2. The molecule has 1 amide bonds. The molecular formula is C21H32N2O5S. The fourth-order valence-electron chi connectivity index (χ4n) is 3.93. The van der Waals surface area contributed by atoms with Gasteiger partial charge < -0.3 is 14.8 Å². The van der Waals surface area contributed by atoms with Crippen LogP contribution in [0.3, 0.4) is 0 Å². The second-order valence-corrected chi connectivity index (χ2v) is 10.1. The standard InChI is InChI=1S/C21H32N2O5S/c1-15(2)16-8-9-19(27-3)20(12-16)29(25,26)23-10-4-6-17(14-23)21(24)22-13-18-7-5-11-28-18/h8-9,12,15,17-18H,4-7,10-11,13-14H2,1-3H3,(H,22,24)/t17-,18-/m0/s1. The number of rotatable bonds is 7. The Morgan fingerprint density at radius 2 is 2.10 bits per heavy atom. The van der Waals surface area contributed by atoms with E-state index < -0.39 is 10.0 Å². The highest BCUT2D eigenvalue weighted by Gasteiger charge is 2.35. The van der Waals surface area contributed by atoms with Crippen LogP contribution in [0.5, 0.6) is 5.75 Å². The molecule has 0 bridgehead atoms. The van der Waals surface area contributed by atoms with Gasteiger partial charge in [0.15, 0.2) is 0 Å². The lowest BCUT2D eigenvalue weighted by Gasteiger charge is -2.32. The normalized spacial score (nSPS) is 23.3. The minimum absolute atomic E-state index is 0.0745. The lowest BCUT2D eigenvalue weighted by Crippen LogP contribution is -2.46. The first-order valence-corrected chi connectivity index (χ1v) is 11.8. The van der Waals surface area contributed by atoms with E-state index in [2.05, 4.69) is 5.32 Å². The Bertz CT molecular complexity index is 818. The Kier molecular flexibility index (Phi) is 7.19. The summed E-state index contributed by atoms with van der Waals surface area (Å²) in [6.07, 6.45) is 3.39. The molecule has 3 rings (SSSR count). The van der Waals surface area contributed by atoms with Crippen molar-refractivity contribution in [3.8, 4) is 5.75 Å². The first-order chi connectivity index (χ1) is 13.8. The van der Waals surface area contributed by atoms with Crippen molar-refractivity contribution in [2.45, 2.75) is 56.4 Å². The average molecular weight is 425 g/mol. The van der Waals surface area contributed by atoms with Crippen LogP contribution in [0.1, 0.15) is 51.0 Å². The van der Waals surface area contributed by atoms with Crippen LogP contribution in [0.25, 0.3) is 0 Å². The maximum atomic E-state index is 13.4. The summed E-state index contributed by atoms with van der Waals surface area (Å²) >= 11 is 0. The molecule has 2 atom stereocenters.